The Kier molecular flexibility index (Phi) is 5.57. The minimum atomic E-state index is 0.261. The zero-order valence-corrected chi connectivity index (χ0v) is 15.6. The Bertz CT molecular complexity index is 675. The van der Waals surface area contributed by atoms with Gasteiger partial charge < -0.3 is 10.0 Å². The zero-order chi connectivity index (χ0) is 17.8. The Morgan fingerprint density at radius 1 is 0.923 bits per heavy atom. The summed E-state index contributed by atoms with van der Waals surface area (Å²) in [6, 6.07) is 20.9. The van der Waals surface area contributed by atoms with E-state index in [1.54, 1.807) is 0 Å². The number of aliphatic hydroxyl groups is 1. The van der Waals surface area contributed by atoms with E-state index < -0.39 is 0 Å². The van der Waals surface area contributed by atoms with Crippen molar-refractivity contribution >= 4 is 5.69 Å². The molecule has 2 aromatic carbocycles. The summed E-state index contributed by atoms with van der Waals surface area (Å²) in [5, 5.41) is 9.46. The molecular formula is C23H30N2O. The maximum Gasteiger partial charge on any atom is 0.0558 e. The molecule has 138 valence electrons. The quantitative estimate of drug-likeness (QED) is 0.864. The SMILES string of the molecule is OCCN1CCCCC1CN(c1ccccc1)C1Cc2ccccc2C1. The third kappa shape index (κ3) is 3.79. The zero-order valence-electron chi connectivity index (χ0n) is 15.6. The van der Waals surface area contributed by atoms with Crippen molar-refractivity contribution in [2.45, 2.75) is 44.2 Å². The molecule has 1 aliphatic heterocycles. The van der Waals surface area contributed by atoms with Crippen LogP contribution in [0.2, 0.25) is 0 Å². The van der Waals surface area contributed by atoms with Crippen LogP contribution in [0.5, 0.6) is 0 Å². The Hall–Kier alpha value is -1.84. The molecular weight excluding hydrogens is 320 g/mol. The van der Waals surface area contributed by atoms with E-state index in [4.69, 9.17) is 0 Å². The van der Waals surface area contributed by atoms with Gasteiger partial charge in [-0.3, -0.25) is 4.90 Å². The summed E-state index contributed by atoms with van der Waals surface area (Å²) in [6.45, 7) is 3.25. The molecule has 0 saturated carbocycles. The number of aliphatic hydroxyl groups excluding tert-OH is 1. The van der Waals surface area contributed by atoms with Crippen LogP contribution in [0.1, 0.15) is 30.4 Å². The Balaban J connectivity index is 1.56. The summed E-state index contributed by atoms with van der Waals surface area (Å²) in [7, 11) is 0. The van der Waals surface area contributed by atoms with Crippen LogP contribution in [0.3, 0.4) is 0 Å². The van der Waals surface area contributed by atoms with Crippen molar-refractivity contribution in [1.82, 2.24) is 4.90 Å². The van der Waals surface area contributed by atoms with E-state index in [1.807, 2.05) is 0 Å². The van der Waals surface area contributed by atoms with Crippen molar-refractivity contribution in [2.24, 2.45) is 0 Å². The lowest BCUT2D eigenvalue weighted by molar-refractivity contribution is 0.118. The number of β-amino-alcohol motifs (C(OH)–C–C–N with tert-alkyl or cyclic N) is 1. The normalized spacial score (nSPS) is 20.9. The first-order chi connectivity index (χ1) is 12.8. The monoisotopic (exact) mass is 350 g/mol. The van der Waals surface area contributed by atoms with Gasteiger partial charge in [0.25, 0.3) is 0 Å². The third-order valence-electron chi connectivity index (χ3n) is 6.10. The first kappa shape index (κ1) is 17.6. The Morgan fingerprint density at radius 3 is 2.31 bits per heavy atom. The van der Waals surface area contributed by atoms with Gasteiger partial charge in [0.2, 0.25) is 0 Å². The van der Waals surface area contributed by atoms with E-state index >= 15 is 0 Å². The summed E-state index contributed by atoms with van der Waals surface area (Å²) >= 11 is 0. The summed E-state index contributed by atoms with van der Waals surface area (Å²) < 4.78 is 0. The maximum atomic E-state index is 9.46. The lowest BCUT2D eigenvalue weighted by Gasteiger charge is -2.41. The fourth-order valence-corrected chi connectivity index (χ4v) is 4.76. The van der Waals surface area contributed by atoms with Gasteiger partial charge in [-0.05, 0) is 55.5 Å². The molecule has 1 N–H and O–H groups in total. The molecule has 1 atom stereocenters. The van der Waals surface area contributed by atoms with Gasteiger partial charge in [0.15, 0.2) is 0 Å². The van der Waals surface area contributed by atoms with Gasteiger partial charge in [-0.1, -0.05) is 48.9 Å². The topological polar surface area (TPSA) is 26.7 Å². The van der Waals surface area contributed by atoms with Crippen molar-refractivity contribution in [2.75, 3.05) is 31.1 Å². The van der Waals surface area contributed by atoms with Crippen LogP contribution < -0.4 is 4.90 Å². The average Bonchev–Trinajstić information content (AvgIpc) is 3.12. The number of fused-ring (bicyclic) bond motifs is 1. The predicted octanol–water partition coefficient (Wildman–Crippen LogP) is 3.51. The highest BCUT2D eigenvalue weighted by molar-refractivity contribution is 5.50. The predicted molar refractivity (Wildman–Crippen MR) is 108 cm³/mol. The molecule has 3 nitrogen and oxygen atoms in total. The van der Waals surface area contributed by atoms with Crippen molar-refractivity contribution < 1.29 is 5.11 Å². The van der Waals surface area contributed by atoms with Gasteiger partial charge in [-0.15, -0.1) is 0 Å². The van der Waals surface area contributed by atoms with Gasteiger partial charge in [0, 0.05) is 30.9 Å². The van der Waals surface area contributed by atoms with Crippen LogP contribution in [-0.4, -0.2) is 48.3 Å². The number of anilines is 1. The van der Waals surface area contributed by atoms with Crippen molar-refractivity contribution in [3.8, 4) is 0 Å². The highest BCUT2D eigenvalue weighted by Crippen LogP contribution is 2.30. The van der Waals surface area contributed by atoms with Gasteiger partial charge in [0.05, 0.1) is 6.61 Å². The second-order valence-electron chi connectivity index (χ2n) is 7.73. The summed E-state index contributed by atoms with van der Waals surface area (Å²) in [6.07, 6.45) is 6.08. The number of benzene rings is 2. The second-order valence-corrected chi connectivity index (χ2v) is 7.73. The number of hydrogen-bond donors (Lipinski definition) is 1. The molecule has 0 radical (unpaired) electrons. The van der Waals surface area contributed by atoms with E-state index in [0.717, 1.165) is 32.5 Å². The lowest BCUT2D eigenvalue weighted by atomic mass is 10.00. The largest absolute Gasteiger partial charge is 0.395 e. The summed E-state index contributed by atoms with van der Waals surface area (Å²) in [4.78, 5) is 5.14. The number of rotatable bonds is 6. The molecule has 4 rings (SSSR count). The summed E-state index contributed by atoms with van der Waals surface area (Å²) in [5.74, 6) is 0. The van der Waals surface area contributed by atoms with Crippen LogP contribution in [0, 0.1) is 0 Å². The molecule has 1 unspecified atom stereocenters. The van der Waals surface area contributed by atoms with Gasteiger partial charge in [0.1, 0.15) is 0 Å². The van der Waals surface area contributed by atoms with E-state index in [9.17, 15) is 5.11 Å². The van der Waals surface area contributed by atoms with Gasteiger partial charge in [-0.2, -0.15) is 0 Å². The number of piperidine rings is 1. The van der Waals surface area contributed by atoms with Crippen molar-refractivity contribution in [3.05, 3.63) is 65.7 Å². The Labute approximate surface area is 157 Å². The molecule has 2 aromatic rings. The smallest absolute Gasteiger partial charge is 0.0558 e. The molecule has 1 heterocycles. The lowest BCUT2D eigenvalue weighted by Crippen LogP contribution is -2.50. The molecule has 1 aliphatic carbocycles. The maximum absolute atomic E-state index is 9.46. The van der Waals surface area contributed by atoms with Crippen LogP contribution in [0.25, 0.3) is 0 Å². The Morgan fingerprint density at radius 2 is 1.62 bits per heavy atom. The first-order valence-electron chi connectivity index (χ1n) is 10.1. The first-order valence-corrected chi connectivity index (χ1v) is 10.1. The van der Waals surface area contributed by atoms with Crippen LogP contribution in [0.15, 0.2) is 54.6 Å². The third-order valence-corrected chi connectivity index (χ3v) is 6.10. The molecule has 0 amide bonds. The molecule has 0 aromatic heterocycles. The van der Waals surface area contributed by atoms with E-state index in [0.29, 0.717) is 12.1 Å². The van der Waals surface area contributed by atoms with Crippen molar-refractivity contribution in [3.63, 3.8) is 0 Å². The van der Waals surface area contributed by atoms with E-state index in [2.05, 4.69) is 64.4 Å². The molecule has 1 fully saturated rings. The van der Waals surface area contributed by atoms with E-state index in [1.165, 1.54) is 36.1 Å². The second kappa shape index (κ2) is 8.24. The number of likely N-dealkylation sites (tertiary alicyclic amines) is 1. The molecule has 26 heavy (non-hydrogen) atoms. The molecule has 0 bridgehead atoms. The van der Waals surface area contributed by atoms with E-state index in [-0.39, 0.29) is 6.61 Å². The standard InChI is InChI=1S/C23H30N2O/c26-15-14-24-13-7-6-12-22(24)18-25(21-10-2-1-3-11-21)23-16-19-8-4-5-9-20(19)17-23/h1-5,8-11,22-23,26H,6-7,12-18H2. The molecule has 2 aliphatic rings. The van der Waals surface area contributed by atoms with Gasteiger partial charge >= 0.3 is 0 Å². The minimum absolute atomic E-state index is 0.261. The van der Waals surface area contributed by atoms with Gasteiger partial charge in [-0.25, -0.2) is 0 Å². The molecule has 0 spiro atoms. The highest BCUT2D eigenvalue weighted by atomic mass is 16.3. The molecule has 3 heteroatoms. The van der Waals surface area contributed by atoms with Crippen molar-refractivity contribution in [1.29, 1.82) is 0 Å². The minimum Gasteiger partial charge on any atom is -0.395 e. The number of hydrogen-bond acceptors (Lipinski definition) is 3. The number of nitrogens with zero attached hydrogens (tertiary/aromatic N) is 2. The highest BCUT2D eigenvalue weighted by Gasteiger charge is 2.31. The van der Waals surface area contributed by atoms with Crippen LogP contribution >= 0.6 is 0 Å². The fourth-order valence-electron chi connectivity index (χ4n) is 4.76. The van der Waals surface area contributed by atoms with Crippen LogP contribution in [0.4, 0.5) is 5.69 Å². The summed E-state index contributed by atoms with van der Waals surface area (Å²) in [5.41, 5.74) is 4.35. The molecule has 1 saturated heterocycles. The average molecular weight is 351 g/mol. The van der Waals surface area contributed by atoms with Crippen LogP contribution in [-0.2, 0) is 12.8 Å². The number of para-hydroxylation sites is 1. The fraction of sp³-hybridized carbons (Fsp3) is 0.478.